The molecule has 24 heavy (non-hydrogen) atoms. The van der Waals surface area contributed by atoms with Gasteiger partial charge in [0.15, 0.2) is 0 Å². The smallest absolute Gasteiger partial charge is 0.239 e. The summed E-state index contributed by atoms with van der Waals surface area (Å²) in [5, 5.41) is 2.49. The summed E-state index contributed by atoms with van der Waals surface area (Å²) < 4.78 is 50.4. The molecule has 2 rings (SSSR count). The number of benzene rings is 2. The van der Waals surface area contributed by atoms with E-state index in [0.29, 0.717) is 11.3 Å². The number of halogens is 2. The number of hydrogen-bond acceptors (Lipinski definition) is 3. The molecule has 0 bridgehead atoms. The first kappa shape index (κ1) is 18.0. The maximum Gasteiger partial charge on any atom is 0.239 e. The molecule has 2 aromatic rings. The van der Waals surface area contributed by atoms with Crippen molar-refractivity contribution in [1.82, 2.24) is 4.31 Å². The quantitative estimate of drug-likeness (QED) is 0.866. The van der Waals surface area contributed by atoms with Crippen molar-refractivity contribution in [3.05, 3.63) is 65.7 Å². The van der Waals surface area contributed by atoms with Crippen LogP contribution in [0.15, 0.2) is 48.5 Å². The van der Waals surface area contributed by atoms with Crippen LogP contribution in [-0.2, 0) is 21.4 Å². The molecule has 0 spiro atoms. The van der Waals surface area contributed by atoms with Crippen molar-refractivity contribution in [3.8, 4) is 0 Å². The molecule has 0 aliphatic carbocycles. The van der Waals surface area contributed by atoms with Crippen LogP contribution >= 0.6 is 0 Å². The summed E-state index contributed by atoms with van der Waals surface area (Å²) in [5.41, 5.74) is 0.910. The van der Waals surface area contributed by atoms with Gasteiger partial charge in [-0.2, -0.15) is 4.31 Å². The Labute approximate surface area is 139 Å². The second-order valence-electron chi connectivity index (χ2n) is 5.21. The van der Waals surface area contributed by atoms with Crippen LogP contribution in [0.4, 0.5) is 14.5 Å². The minimum Gasteiger partial charge on any atom is -0.325 e. The van der Waals surface area contributed by atoms with Crippen LogP contribution in [0.2, 0.25) is 0 Å². The molecule has 8 heteroatoms. The minimum atomic E-state index is -3.65. The average molecular weight is 354 g/mol. The Hall–Kier alpha value is -2.32. The van der Waals surface area contributed by atoms with Crippen molar-refractivity contribution in [2.75, 3.05) is 18.1 Å². The molecule has 5 nitrogen and oxygen atoms in total. The first-order valence-corrected chi connectivity index (χ1v) is 8.84. The number of carbonyl (C=O) groups excluding carboxylic acids is 1. The van der Waals surface area contributed by atoms with E-state index in [1.165, 1.54) is 48.5 Å². The third-order valence-corrected chi connectivity index (χ3v) is 4.39. The molecule has 0 aromatic heterocycles. The van der Waals surface area contributed by atoms with Gasteiger partial charge in [-0.05, 0) is 42.0 Å². The summed E-state index contributed by atoms with van der Waals surface area (Å²) in [4.78, 5) is 12.0. The van der Waals surface area contributed by atoms with Gasteiger partial charge < -0.3 is 5.32 Å². The number of sulfonamides is 1. The molecule has 0 aliphatic heterocycles. The average Bonchev–Trinajstić information content (AvgIpc) is 2.50. The zero-order chi connectivity index (χ0) is 17.7. The Morgan fingerprint density at radius 2 is 1.50 bits per heavy atom. The van der Waals surface area contributed by atoms with Crippen molar-refractivity contribution in [1.29, 1.82) is 0 Å². The monoisotopic (exact) mass is 354 g/mol. The second-order valence-corrected chi connectivity index (χ2v) is 7.20. The SMILES string of the molecule is CS(=O)(=O)N(CC(=O)Nc1ccc(F)cc1)Cc1ccc(F)cc1. The fourth-order valence-electron chi connectivity index (χ4n) is 1.98. The molecule has 0 atom stereocenters. The third-order valence-electron chi connectivity index (χ3n) is 3.19. The largest absolute Gasteiger partial charge is 0.325 e. The van der Waals surface area contributed by atoms with Gasteiger partial charge in [0.2, 0.25) is 15.9 Å². The zero-order valence-corrected chi connectivity index (χ0v) is 13.7. The Kier molecular flexibility index (Phi) is 5.63. The van der Waals surface area contributed by atoms with Crippen molar-refractivity contribution in [2.24, 2.45) is 0 Å². The summed E-state index contributed by atoms with van der Waals surface area (Å²) >= 11 is 0. The normalized spacial score (nSPS) is 11.5. The lowest BCUT2D eigenvalue weighted by atomic mass is 10.2. The van der Waals surface area contributed by atoms with Crippen LogP contribution in [0.1, 0.15) is 5.56 Å². The molecule has 0 aliphatic rings. The number of hydrogen-bond donors (Lipinski definition) is 1. The third kappa shape index (κ3) is 5.39. The van der Waals surface area contributed by atoms with Crippen LogP contribution in [0.5, 0.6) is 0 Å². The van der Waals surface area contributed by atoms with Gasteiger partial charge in [-0.1, -0.05) is 12.1 Å². The Bertz CT molecular complexity index is 806. The molecule has 1 amide bonds. The van der Waals surface area contributed by atoms with Gasteiger partial charge in [0.05, 0.1) is 12.8 Å². The van der Waals surface area contributed by atoms with Crippen molar-refractivity contribution < 1.29 is 22.0 Å². The predicted octanol–water partition coefficient (Wildman–Crippen LogP) is 2.37. The maximum absolute atomic E-state index is 12.9. The number of carbonyl (C=O) groups is 1. The molecule has 0 saturated heterocycles. The van der Waals surface area contributed by atoms with E-state index in [-0.39, 0.29) is 6.54 Å². The van der Waals surface area contributed by atoms with Crippen LogP contribution in [0.3, 0.4) is 0 Å². The van der Waals surface area contributed by atoms with Gasteiger partial charge in [-0.15, -0.1) is 0 Å². The van der Waals surface area contributed by atoms with Crippen LogP contribution in [0, 0.1) is 11.6 Å². The van der Waals surface area contributed by atoms with E-state index in [9.17, 15) is 22.0 Å². The highest BCUT2D eigenvalue weighted by Gasteiger charge is 2.20. The predicted molar refractivity (Wildman–Crippen MR) is 86.7 cm³/mol. The summed E-state index contributed by atoms with van der Waals surface area (Å²) in [7, 11) is -3.65. The van der Waals surface area contributed by atoms with Crippen molar-refractivity contribution in [2.45, 2.75) is 6.54 Å². The number of amides is 1. The van der Waals surface area contributed by atoms with Crippen LogP contribution < -0.4 is 5.32 Å². The van der Waals surface area contributed by atoms with Gasteiger partial charge in [0.25, 0.3) is 0 Å². The van der Waals surface area contributed by atoms with Crippen LogP contribution in [-0.4, -0.2) is 31.4 Å². The summed E-state index contributed by atoms with van der Waals surface area (Å²) in [6, 6.07) is 10.4. The summed E-state index contributed by atoms with van der Waals surface area (Å²) in [6.45, 7) is -0.469. The highest BCUT2D eigenvalue weighted by molar-refractivity contribution is 7.88. The first-order valence-electron chi connectivity index (χ1n) is 6.99. The van der Waals surface area contributed by atoms with Crippen molar-refractivity contribution >= 4 is 21.6 Å². The lowest BCUT2D eigenvalue weighted by molar-refractivity contribution is -0.116. The fraction of sp³-hybridized carbons (Fsp3) is 0.188. The molecule has 2 aromatic carbocycles. The van der Waals surface area contributed by atoms with Crippen LogP contribution in [0.25, 0.3) is 0 Å². The highest BCUT2D eigenvalue weighted by atomic mass is 32.2. The molecule has 1 N–H and O–H groups in total. The van der Waals surface area contributed by atoms with E-state index in [0.717, 1.165) is 10.6 Å². The molecular formula is C16H16F2N2O3S. The van der Waals surface area contributed by atoms with E-state index in [4.69, 9.17) is 0 Å². The fourth-order valence-corrected chi connectivity index (χ4v) is 2.71. The van der Waals surface area contributed by atoms with Gasteiger partial charge in [0, 0.05) is 12.2 Å². The van der Waals surface area contributed by atoms with E-state index in [1.807, 2.05) is 0 Å². The molecule has 0 heterocycles. The molecule has 128 valence electrons. The van der Waals surface area contributed by atoms with Gasteiger partial charge in [-0.25, -0.2) is 17.2 Å². The molecule has 0 saturated carbocycles. The Morgan fingerprint density at radius 1 is 1.00 bits per heavy atom. The van der Waals surface area contributed by atoms with Gasteiger partial charge in [-0.3, -0.25) is 4.79 Å². The Morgan fingerprint density at radius 3 is 2.00 bits per heavy atom. The van der Waals surface area contributed by atoms with Gasteiger partial charge >= 0.3 is 0 Å². The molecule has 0 radical (unpaired) electrons. The van der Waals surface area contributed by atoms with Gasteiger partial charge in [0.1, 0.15) is 11.6 Å². The first-order chi connectivity index (χ1) is 11.2. The lowest BCUT2D eigenvalue weighted by Gasteiger charge is -2.19. The van der Waals surface area contributed by atoms with E-state index in [2.05, 4.69) is 5.32 Å². The number of nitrogens with one attached hydrogen (secondary N) is 1. The van der Waals surface area contributed by atoms with E-state index < -0.39 is 34.1 Å². The summed E-state index contributed by atoms with van der Waals surface area (Å²) in [6.07, 6.45) is 0.988. The zero-order valence-electron chi connectivity index (χ0n) is 12.9. The summed E-state index contributed by atoms with van der Waals surface area (Å²) in [5.74, 6) is -1.44. The maximum atomic E-state index is 12.9. The molecule has 0 unspecified atom stereocenters. The minimum absolute atomic E-state index is 0.0596. The number of anilines is 1. The van der Waals surface area contributed by atoms with E-state index in [1.54, 1.807) is 0 Å². The lowest BCUT2D eigenvalue weighted by Crippen LogP contribution is -2.36. The molecular weight excluding hydrogens is 338 g/mol. The highest BCUT2D eigenvalue weighted by Crippen LogP contribution is 2.12. The topological polar surface area (TPSA) is 66.5 Å². The number of rotatable bonds is 6. The number of nitrogens with zero attached hydrogens (tertiary/aromatic N) is 1. The standard InChI is InChI=1S/C16H16F2N2O3S/c1-24(22,23)20(10-12-2-4-13(17)5-3-12)11-16(21)19-15-8-6-14(18)7-9-15/h2-9H,10-11H2,1H3,(H,19,21). The van der Waals surface area contributed by atoms with Crippen molar-refractivity contribution in [3.63, 3.8) is 0 Å². The Balaban J connectivity index is 2.06. The molecule has 0 fully saturated rings. The second kappa shape index (κ2) is 7.50. The van der Waals surface area contributed by atoms with E-state index >= 15 is 0 Å².